The molecule has 0 amide bonds. The topological polar surface area (TPSA) is 56.1 Å². The second-order valence-electron chi connectivity index (χ2n) is 5.18. The molecule has 0 spiro atoms. The molecule has 0 radical (unpaired) electrons. The molecule has 1 unspecified atom stereocenters. The average molecular weight is 246 g/mol. The molecule has 96 valence electrons. The maximum Gasteiger partial charge on any atom is 0.118 e. The fourth-order valence-electron chi connectivity index (χ4n) is 3.24. The molecule has 3 fully saturated rings. The Morgan fingerprint density at radius 1 is 1.22 bits per heavy atom. The molecule has 0 aliphatic carbocycles. The van der Waals surface area contributed by atoms with E-state index in [1.165, 1.54) is 0 Å². The van der Waals surface area contributed by atoms with E-state index >= 15 is 0 Å². The monoisotopic (exact) mass is 246 g/mol. The van der Waals surface area contributed by atoms with Crippen LogP contribution in [0.4, 0.5) is 0 Å². The van der Waals surface area contributed by atoms with E-state index < -0.39 is 0 Å². The number of hydrogen-bond donors (Lipinski definition) is 2. The van der Waals surface area contributed by atoms with Crippen LogP contribution in [0.5, 0.6) is 5.75 Å². The summed E-state index contributed by atoms with van der Waals surface area (Å²) in [6, 6.07) is 7.56. The predicted octanol–water partition coefficient (Wildman–Crippen LogP) is 1.86. The maximum atomic E-state index is 9.85. The summed E-state index contributed by atoms with van der Waals surface area (Å²) in [6.07, 6.45) is 2.91. The van der Waals surface area contributed by atoms with Crippen molar-refractivity contribution in [1.29, 1.82) is 0 Å². The summed E-state index contributed by atoms with van der Waals surface area (Å²) in [7, 11) is 0. The van der Waals surface area contributed by atoms with Crippen LogP contribution in [0.3, 0.4) is 0 Å². The Bertz CT molecular complexity index is 465. The van der Waals surface area contributed by atoms with Crippen molar-refractivity contribution in [3.63, 3.8) is 0 Å². The summed E-state index contributed by atoms with van der Waals surface area (Å²) < 4.78 is 0. The lowest BCUT2D eigenvalue weighted by Gasteiger charge is -2.45. The molecule has 0 saturated carbocycles. The number of nitrogens with zero attached hydrogens (tertiary/aromatic N) is 2. The van der Waals surface area contributed by atoms with Crippen LogP contribution >= 0.6 is 0 Å². The van der Waals surface area contributed by atoms with Gasteiger partial charge in [0, 0.05) is 5.92 Å². The van der Waals surface area contributed by atoms with Gasteiger partial charge in [0.05, 0.1) is 11.8 Å². The van der Waals surface area contributed by atoms with E-state index in [2.05, 4.69) is 10.1 Å². The Hall–Kier alpha value is -1.55. The molecule has 3 aliphatic rings. The minimum absolute atomic E-state index is 0.149. The highest BCUT2D eigenvalue weighted by Crippen LogP contribution is 2.32. The van der Waals surface area contributed by atoms with Crippen molar-refractivity contribution in [2.45, 2.75) is 25.3 Å². The summed E-state index contributed by atoms with van der Waals surface area (Å²) in [5.74, 6) is 0.758. The summed E-state index contributed by atoms with van der Waals surface area (Å²) in [4.78, 5) is 2.36. The Morgan fingerprint density at radius 3 is 2.61 bits per heavy atom. The lowest BCUT2D eigenvalue weighted by atomic mass is 9.79. The first-order chi connectivity index (χ1) is 8.79. The standard InChI is InChI=1S/C14H18N2O2/c17-13-4-2-1-3-11(13)9-12-14(15-18)10-5-7-16(12)8-6-10/h1-4,10,12,17-18H,5-9H2. The Labute approximate surface area is 107 Å². The van der Waals surface area contributed by atoms with Crippen molar-refractivity contribution < 1.29 is 10.3 Å². The first-order valence-electron chi connectivity index (χ1n) is 6.52. The van der Waals surface area contributed by atoms with Crippen LogP contribution in [0.1, 0.15) is 18.4 Å². The highest BCUT2D eigenvalue weighted by molar-refractivity contribution is 5.93. The first kappa shape index (κ1) is 11.5. The summed E-state index contributed by atoms with van der Waals surface area (Å²) in [6.45, 7) is 2.14. The zero-order chi connectivity index (χ0) is 12.5. The molecule has 4 rings (SSSR count). The van der Waals surface area contributed by atoms with Gasteiger partial charge in [-0.25, -0.2) is 0 Å². The Kier molecular flexibility index (Phi) is 2.96. The molecule has 18 heavy (non-hydrogen) atoms. The lowest BCUT2D eigenvalue weighted by molar-refractivity contribution is 0.137. The quantitative estimate of drug-likeness (QED) is 0.618. The van der Waals surface area contributed by atoms with E-state index in [4.69, 9.17) is 0 Å². The van der Waals surface area contributed by atoms with Gasteiger partial charge in [-0.3, -0.25) is 4.90 Å². The number of benzene rings is 1. The van der Waals surface area contributed by atoms with Crippen LogP contribution in [-0.4, -0.2) is 40.1 Å². The van der Waals surface area contributed by atoms with Gasteiger partial charge in [0.1, 0.15) is 5.75 Å². The maximum absolute atomic E-state index is 9.85. The van der Waals surface area contributed by atoms with Crippen molar-refractivity contribution >= 4 is 5.71 Å². The second kappa shape index (κ2) is 4.61. The van der Waals surface area contributed by atoms with E-state index in [0.717, 1.165) is 43.6 Å². The Balaban J connectivity index is 1.85. The third-order valence-corrected chi connectivity index (χ3v) is 4.25. The van der Waals surface area contributed by atoms with E-state index in [9.17, 15) is 10.3 Å². The van der Waals surface area contributed by atoms with Crippen LogP contribution in [0.25, 0.3) is 0 Å². The molecule has 4 heteroatoms. The predicted molar refractivity (Wildman–Crippen MR) is 69.1 cm³/mol. The van der Waals surface area contributed by atoms with Gasteiger partial charge >= 0.3 is 0 Å². The minimum atomic E-state index is 0.149. The van der Waals surface area contributed by atoms with Crippen molar-refractivity contribution in [1.82, 2.24) is 4.90 Å². The molecular formula is C14H18N2O2. The van der Waals surface area contributed by atoms with E-state index in [1.807, 2.05) is 18.2 Å². The molecule has 1 aromatic rings. The van der Waals surface area contributed by atoms with Gasteiger partial charge in [-0.1, -0.05) is 23.4 Å². The van der Waals surface area contributed by atoms with Crippen molar-refractivity contribution in [3.05, 3.63) is 29.8 Å². The number of phenolic OH excluding ortho intramolecular Hbond substituents is 1. The summed E-state index contributed by atoms with van der Waals surface area (Å²) >= 11 is 0. The molecule has 3 saturated heterocycles. The zero-order valence-electron chi connectivity index (χ0n) is 10.3. The van der Waals surface area contributed by atoms with Crippen molar-refractivity contribution in [2.75, 3.05) is 13.1 Å². The number of fused-ring (bicyclic) bond motifs is 3. The normalized spacial score (nSPS) is 32.9. The van der Waals surface area contributed by atoms with E-state index in [1.54, 1.807) is 6.07 Å². The molecule has 1 atom stereocenters. The highest BCUT2D eigenvalue weighted by Gasteiger charge is 2.39. The van der Waals surface area contributed by atoms with Crippen LogP contribution in [-0.2, 0) is 6.42 Å². The van der Waals surface area contributed by atoms with Crippen molar-refractivity contribution in [2.24, 2.45) is 11.1 Å². The fraction of sp³-hybridized carbons (Fsp3) is 0.500. The summed E-state index contributed by atoms with van der Waals surface area (Å²) in [5.41, 5.74) is 1.83. The van der Waals surface area contributed by atoms with Gasteiger partial charge < -0.3 is 10.3 Å². The third kappa shape index (κ3) is 1.86. The van der Waals surface area contributed by atoms with Gasteiger partial charge in [-0.2, -0.15) is 0 Å². The van der Waals surface area contributed by atoms with Gasteiger partial charge in [0.15, 0.2) is 0 Å². The molecular weight excluding hydrogens is 228 g/mol. The molecule has 3 aliphatic heterocycles. The number of hydrogen-bond acceptors (Lipinski definition) is 4. The van der Waals surface area contributed by atoms with Gasteiger partial charge in [0.2, 0.25) is 0 Å². The molecule has 0 aromatic heterocycles. The van der Waals surface area contributed by atoms with Gasteiger partial charge in [-0.15, -0.1) is 0 Å². The van der Waals surface area contributed by atoms with Gasteiger partial charge in [-0.05, 0) is 44.0 Å². The van der Waals surface area contributed by atoms with Gasteiger partial charge in [0.25, 0.3) is 0 Å². The largest absolute Gasteiger partial charge is 0.508 e. The zero-order valence-corrected chi connectivity index (χ0v) is 10.3. The average Bonchev–Trinajstić information content (AvgIpc) is 2.42. The number of para-hydroxylation sites is 1. The molecule has 3 heterocycles. The van der Waals surface area contributed by atoms with E-state index in [-0.39, 0.29) is 6.04 Å². The van der Waals surface area contributed by atoms with Crippen molar-refractivity contribution in [3.8, 4) is 5.75 Å². The number of phenols is 1. The third-order valence-electron chi connectivity index (χ3n) is 4.25. The number of oxime groups is 1. The minimum Gasteiger partial charge on any atom is -0.508 e. The fourth-order valence-corrected chi connectivity index (χ4v) is 3.24. The highest BCUT2D eigenvalue weighted by atomic mass is 16.4. The lowest BCUT2D eigenvalue weighted by Crippen LogP contribution is -2.56. The number of aromatic hydroxyl groups is 1. The van der Waals surface area contributed by atoms with Crippen LogP contribution in [0.2, 0.25) is 0 Å². The Morgan fingerprint density at radius 2 is 1.94 bits per heavy atom. The van der Waals surface area contributed by atoms with E-state index in [0.29, 0.717) is 11.7 Å². The number of rotatable bonds is 2. The molecule has 1 aromatic carbocycles. The SMILES string of the molecule is ON=C1C2CCN(CC2)C1Cc1ccccc1O. The van der Waals surface area contributed by atoms with Crippen LogP contribution in [0.15, 0.2) is 29.4 Å². The molecule has 2 N–H and O–H groups in total. The van der Waals surface area contributed by atoms with Crippen LogP contribution < -0.4 is 0 Å². The smallest absolute Gasteiger partial charge is 0.118 e. The first-order valence-corrected chi connectivity index (χ1v) is 6.52. The summed E-state index contributed by atoms with van der Waals surface area (Å²) in [5, 5.41) is 22.6. The second-order valence-corrected chi connectivity index (χ2v) is 5.18. The molecule has 2 bridgehead atoms. The van der Waals surface area contributed by atoms with Crippen LogP contribution in [0, 0.1) is 5.92 Å². The number of piperidine rings is 3. The molecule has 4 nitrogen and oxygen atoms in total.